The number of nitrogens with zero attached hydrogens (tertiary/aromatic N) is 2. The maximum atomic E-state index is 11.2. The van der Waals surface area contributed by atoms with Crippen LogP contribution in [0.5, 0.6) is 0 Å². The van der Waals surface area contributed by atoms with Crippen LogP contribution in [0.2, 0.25) is 0 Å². The largest absolute Gasteiger partial charge is 0.478 e. The Balaban J connectivity index is 2.53. The summed E-state index contributed by atoms with van der Waals surface area (Å²) in [4.78, 5) is 15.8. The van der Waals surface area contributed by atoms with E-state index >= 15 is 0 Å². The van der Waals surface area contributed by atoms with Gasteiger partial charge in [0.15, 0.2) is 0 Å². The summed E-state index contributed by atoms with van der Waals surface area (Å²) in [7, 11) is 0. The van der Waals surface area contributed by atoms with Gasteiger partial charge in [0.2, 0.25) is 0 Å². The molecule has 1 aromatic heterocycles. The lowest BCUT2D eigenvalue weighted by Gasteiger charge is -2.17. The van der Waals surface area contributed by atoms with Crippen LogP contribution in [0.25, 0.3) is 11.0 Å². The summed E-state index contributed by atoms with van der Waals surface area (Å²) < 4.78 is 7.69. The number of hydrogen-bond donors (Lipinski definition) is 1. The Labute approximate surface area is 124 Å². The van der Waals surface area contributed by atoms with Crippen molar-refractivity contribution in [3.05, 3.63) is 29.6 Å². The predicted molar refractivity (Wildman–Crippen MR) is 81.9 cm³/mol. The quantitative estimate of drug-likeness (QED) is 0.886. The second kappa shape index (κ2) is 6.26. The molecule has 2 rings (SSSR count). The van der Waals surface area contributed by atoms with Crippen LogP contribution < -0.4 is 0 Å². The van der Waals surface area contributed by atoms with Crippen molar-refractivity contribution in [2.24, 2.45) is 0 Å². The van der Waals surface area contributed by atoms with E-state index in [4.69, 9.17) is 9.84 Å². The molecule has 5 nitrogen and oxygen atoms in total. The van der Waals surface area contributed by atoms with Gasteiger partial charge in [0.25, 0.3) is 0 Å². The molecule has 0 saturated heterocycles. The Bertz CT molecular complexity index is 646. The predicted octanol–water partition coefficient (Wildman–Crippen LogP) is 3.28. The molecule has 21 heavy (non-hydrogen) atoms. The molecule has 0 aliphatic rings. The third-order valence-corrected chi connectivity index (χ3v) is 3.43. The van der Waals surface area contributed by atoms with Crippen molar-refractivity contribution < 1.29 is 14.6 Å². The zero-order valence-electron chi connectivity index (χ0n) is 13.0. The average Bonchev–Trinajstić information content (AvgIpc) is 2.77. The van der Waals surface area contributed by atoms with Gasteiger partial charge < -0.3 is 14.4 Å². The number of fused-ring (bicyclic) bond motifs is 1. The number of imidazole rings is 1. The van der Waals surface area contributed by atoms with Crippen LogP contribution >= 0.6 is 0 Å². The normalized spacial score (nSPS) is 13.0. The Morgan fingerprint density at radius 3 is 2.67 bits per heavy atom. The first-order chi connectivity index (χ1) is 9.93. The number of ether oxygens (including phenoxy) is 1. The van der Waals surface area contributed by atoms with Gasteiger partial charge in [0, 0.05) is 12.5 Å². The highest BCUT2D eigenvalue weighted by atomic mass is 16.5. The second-order valence-electron chi connectivity index (χ2n) is 5.51. The zero-order valence-corrected chi connectivity index (χ0v) is 13.0. The lowest BCUT2D eigenvalue weighted by atomic mass is 10.2. The van der Waals surface area contributed by atoms with Crippen LogP contribution in [0.4, 0.5) is 0 Å². The first-order valence-electron chi connectivity index (χ1n) is 7.29. The van der Waals surface area contributed by atoms with E-state index in [2.05, 4.69) is 23.4 Å². The van der Waals surface area contributed by atoms with E-state index in [-0.39, 0.29) is 17.6 Å². The summed E-state index contributed by atoms with van der Waals surface area (Å²) in [5, 5.41) is 9.16. The number of benzene rings is 1. The number of hydrogen-bond acceptors (Lipinski definition) is 3. The van der Waals surface area contributed by atoms with Gasteiger partial charge >= 0.3 is 5.97 Å². The van der Waals surface area contributed by atoms with Gasteiger partial charge in [-0.25, -0.2) is 9.78 Å². The van der Waals surface area contributed by atoms with Crippen molar-refractivity contribution in [3.63, 3.8) is 0 Å². The summed E-state index contributed by atoms with van der Waals surface area (Å²) in [6.45, 7) is 9.48. The van der Waals surface area contributed by atoms with Gasteiger partial charge in [-0.15, -0.1) is 0 Å². The first kappa shape index (κ1) is 15.5. The van der Waals surface area contributed by atoms with E-state index in [0.29, 0.717) is 13.2 Å². The molecule has 1 unspecified atom stereocenters. The minimum atomic E-state index is -0.923. The molecular formula is C16H22N2O3. The van der Waals surface area contributed by atoms with E-state index in [1.54, 1.807) is 18.2 Å². The molecule has 0 bridgehead atoms. The maximum absolute atomic E-state index is 11.2. The number of carboxylic acids is 1. The van der Waals surface area contributed by atoms with E-state index < -0.39 is 5.97 Å². The molecule has 0 saturated carbocycles. The molecule has 2 aromatic rings. The second-order valence-corrected chi connectivity index (χ2v) is 5.51. The minimum absolute atomic E-state index is 0.0541. The Hall–Kier alpha value is -1.88. The van der Waals surface area contributed by atoms with E-state index in [1.807, 2.05) is 13.8 Å². The van der Waals surface area contributed by atoms with Gasteiger partial charge in [-0.1, -0.05) is 13.8 Å². The number of carboxylic acid groups (broad SMARTS) is 1. The van der Waals surface area contributed by atoms with Gasteiger partial charge in [0.1, 0.15) is 5.82 Å². The van der Waals surface area contributed by atoms with E-state index in [9.17, 15) is 4.79 Å². The summed E-state index contributed by atoms with van der Waals surface area (Å²) in [6, 6.07) is 5.06. The van der Waals surface area contributed by atoms with E-state index in [1.165, 1.54) is 0 Å². The molecule has 114 valence electrons. The third kappa shape index (κ3) is 3.24. The SMILES string of the molecule is CCOC(C)Cn1c(C(C)C)nc2ccc(C(=O)O)cc21. The molecule has 0 fully saturated rings. The topological polar surface area (TPSA) is 64.4 Å². The molecular weight excluding hydrogens is 268 g/mol. The maximum Gasteiger partial charge on any atom is 0.335 e. The lowest BCUT2D eigenvalue weighted by molar-refractivity contribution is 0.0641. The molecule has 0 radical (unpaired) electrons. The van der Waals surface area contributed by atoms with Gasteiger partial charge in [0.05, 0.1) is 29.2 Å². The van der Waals surface area contributed by atoms with Crippen molar-refractivity contribution in [3.8, 4) is 0 Å². The smallest absolute Gasteiger partial charge is 0.335 e. The molecule has 0 spiro atoms. The van der Waals surface area contributed by atoms with Crippen LogP contribution in [0, 0.1) is 0 Å². The summed E-state index contributed by atoms with van der Waals surface area (Å²) in [6.07, 6.45) is 0.0541. The van der Waals surface area contributed by atoms with Crippen LogP contribution in [0.3, 0.4) is 0 Å². The van der Waals surface area contributed by atoms with Crippen molar-refractivity contribution in [1.82, 2.24) is 9.55 Å². The highest BCUT2D eigenvalue weighted by Gasteiger charge is 2.17. The third-order valence-electron chi connectivity index (χ3n) is 3.43. The van der Waals surface area contributed by atoms with Gasteiger partial charge in [-0.2, -0.15) is 0 Å². The zero-order chi connectivity index (χ0) is 15.6. The van der Waals surface area contributed by atoms with Gasteiger partial charge in [-0.3, -0.25) is 0 Å². The van der Waals surface area contributed by atoms with Crippen LogP contribution in [-0.2, 0) is 11.3 Å². The molecule has 5 heteroatoms. The molecule has 1 heterocycles. The molecule has 1 aromatic carbocycles. The lowest BCUT2D eigenvalue weighted by Crippen LogP contribution is -2.18. The fourth-order valence-electron chi connectivity index (χ4n) is 2.50. The number of aromatic carboxylic acids is 1. The first-order valence-corrected chi connectivity index (χ1v) is 7.29. The minimum Gasteiger partial charge on any atom is -0.478 e. The number of carbonyl (C=O) groups is 1. The van der Waals surface area contributed by atoms with Crippen molar-refractivity contribution >= 4 is 17.0 Å². The summed E-state index contributed by atoms with van der Waals surface area (Å²) >= 11 is 0. The molecule has 1 atom stereocenters. The summed E-state index contributed by atoms with van der Waals surface area (Å²) in [5.74, 6) is 0.298. The highest BCUT2D eigenvalue weighted by molar-refractivity contribution is 5.92. The standard InChI is InChI=1S/C16H22N2O3/c1-5-21-11(4)9-18-14-8-12(16(19)20)6-7-13(14)17-15(18)10(2)3/h6-8,10-11H,5,9H2,1-4H3,(H,19,20). The molecule has 0 aliphatic heterocycles. The van der Waals surface area contributed by atoms with Crippen LogP contribution in [0.15, 0.2) is 18.2 Å². The number of aromatic nitrogens is 2. The molecule has 0 aliphatic carbocycles. The number of rotatable bonds is 6. The Morgan fingerprint density at radius 2 is 2.10 bits per heavy atom. The van der Waals surface area contributed by atoms with E-state index in [0.717, 1.165) is 16.9 Å². The Kier molecular flexibility index (Phi) is 4.63. The highest BCUT2D eigenvalue weighted by Crippen LogP contribution is 2.23. The molecule has 1 N–H and O–H groups in total. The fourth-order valence-corrected chi connectivity index (χ4v) is 2.50. The van der Waals surface area contributed by atoms with Crippen LogP contribution in [-0.4, -0.2) is 33.3 Å². The Morgan fingerprint density at radius 1 is 1.38 bits per heavy atom. The van der Waals surface area contributed by atoms with Crippen LogP contribution in [0.1, 0.15) is 49.8 Å². The van der Waals surface area contributed by atoms with Crippen molar-refractivity contribution in [2.75, 3.05) is 6.61 Å². The van der Waals surface area contributed by atoms with Crippen molar-refractivity contribution in [1.29, 1.82) is 0 Å². The monoisotopic (exact) mass is 290 g/mol. The summed E-state index contributed by atoms with van der Waals surface area (Å²) in [5.41, 5.74) is 1.96. The van der Waals surface area contributed by atoms with Gasteiger partial charge in [-0.05, 0) is 32.0 Å². The average molecular weight is 290 g/mol. The fraction of sp³-hybridized carbons (Fsp3) is 0.500. The molecule has 0 amide bonds. The van der Waals surface area contributed by atoms with Crippen molar-refractivity contribution in [2.45, 2.75) is 46.3 Å².